The van der Waals surface area contributed by atoms with Crippen LogP contribution < -0.4 is 20.1 Å². The Morgan fingerprint density at radius 1 is 1.14 bits per heavy atom. The van der Waals surface area contributed by atoms with Crippen LogP contribution >= 0.6 is 0 Å². The number of fused-ring (bicyclic) bond motifs is 3. The van der Waals surface area contributed by atoms with Crippen molar-refractivity contribution in [2.75, 3.05) is 18.1 Å². The molecular weight excluding hydrogens is 491 g/mol. The van der Waals surface area contributed by atoms with Crippen molar-refractivity contribution in [3.63, 3.8) is 0 Å². The van der Waals surface area contributed by atoms with E-state index in [1.165, 1.54) is 0 Å². The first-order valence-corrected chi connectivity index (χ1v) is 10.9. The molecule has 13 heteroatoms. The fourth-order valence-corrected chi connectivity index (χ4v) is 4.96. The zero-order valence-corrected chi connectivity index (χ0v) is 18.4. The Morgan fingerprint density at radius 3 is 2.64 bits per heavy atom. The van der Waals surface area contributed by atoms with E-state index >= 15 is 0 Å². The summed E-state index contributed by atoms with van der Waals surface area (Å²) >= 11 is 0. The van der Waals surface area contributed by atoms with Gasteiger partial charge in [0.25, 0.3) is 0 Å². The van der Waals surface area contributed by atoms with Crippen molar-refractivity contribution in [3.8, 4) is 17.4 Å². The van der Waals surface area contributed by atoms with Crippen molar-refractivity contribution in [2.45, 2.75) is 37.4 Å². The number of ether oxygens (including phenoxy) is 3. The van der Waals surface area contributed by atoms with Crippen LogP contribution in [0.3, 0.4) is 0 Å². The third kappa shape index (κ3) is 3.74. The summed E-state index contributed by atoms with van der Waals surface area (Å²) in [6, 6.07) is 4.04. The highest BCUT2D eigenvalue weighted by molar-refractivity contribution is 5.52. The summed E-state index contributed by atoms with van der Waals surface area (Å²) in [4.78, 5) is 22.0. The maximum absolute atomic E-state index is 14.6. The SMILES string of the molecule is O=c1nc(OCc2cc(F)c(Oc3cncc(C(F)(F)F)c3)c(F)c2)cc2n1C[C@]13CO[C@H](CN21)C3. The van der Waals surface area contributed by atoms with Gasteiger partial charge in [-0.2, -0.15) is 18.2 Å². The van der Waals surface area contributed by atoms with Crippen molar-refractivity contribution >= 4 is 5.82 Å². The van der Waals surface area contributed by atoms with E-state index in [2.05, 4.69) is 14.9 Å². The van der Waals surface area contributed by atoms with Gasteiger partial charge in [-0.15, -0.1) is 0 Å². The average Bonchev–Trinajstić information content (AvgIpc) is 3.48. The number of nitrogens with zero attached hydrogens (tertiary/aromatic N) is 4. The third-order valence-corrected chi connectivity index (χ3v) is 6.55. The van der Waals surface area contributed by atoms with E-state index < -0.39 is 40.6 Å². The Balaban J connectivity index is 1.19. The minimum Gasteiger partial charge on any atom is -0.473 e. The minimum absolute atomic E-state index is 0.00294. The number of benzene rings is 1. The van der Waals surface area contributed by atoms with E-state index in [9.17, 15) is 26.7 Å². The maximum atomic E-state index is 14.6. The van der Waals surface area contributed by atoms with E-state index in [0.717, 1.165) is 24.8 Å². The molecule has 188 valence electrons. The Labute approximate surface area is 199 Å². The topological polar surface area (TPSA) is 78.7 Å². The van der Waals surface area contributed by atoms with E-state index in [1.807, 2.05) is 0 Å². The first kappa shape index (κ1) is 22.7. The summed E-state index contributed by atoms with van der Waals surface area (Å²) < 4.78 is 85.5. The molecule has 0 N–H and O–H groups in total. The molecule has 2 atom stereocenters. The fraction of sp³-hybridized carbons (Fsp3) is 0.348. The van der Waals surface area contributed by atoms with Crippen LogP contribution in [0.15, 0.2) is 41.5 Å². The molecule has 0 radical (unpaired) electrons. The smallest absolute Gasteiger partial charge is 0.418 e. The first-order chi connectivity index (χ1) is 17.1. The third-order valence-electron chi connectivity index (χ3n) is 6.55. The molecule has 0 amide bonds. The lowest BCUT2D eigenvalue weighted by Crippen LogP contribution is -2.46. The lowest BCUT2D eigenvalue weighted by molar-refractivity contribution is -0.137. The lowest BCUT2D eigenvalue weighted by atomic mass is 10.0. The van der Waals surface area contributed by atoms with Crippen LogP contribution in [0, 0.1) is 11.6 Å². The van der Waals surface area contributed by atoms with Crippen molar-refractivity contribution in [2.24, 2.45) is 0 Å². The summed E-state index contributed by atoms with van der Waals surface area (Å²) in [6.07, 6.45) is -2.27. The van der Waals surface area contributed by atoms with E-state index in [-0.39, 0.29) is 29.7 Å². The number of rotatable bonds is 5. The molecule has 2 fully saturated rings. The largest absolute Gasteiger partial charge is 0.473 e. The number of hydrogen-bond donors (Lipinski definition) is 0. The maximum Gasteiger partial charge on any atom is 0.418 e. The number of aromatic nitrogens is 3. The summed E-state index contributed by atoms with van der Waals surface area (Å²) in [7, 11) is 0. The molecule has 2 aromatic heterocycles. The van der Waals surface area contributed by atoms with Gasteiger partial charge < -0.3 is 19.1 Å². The van der Waals surface area contributed by atoms with Crippen LogP contribution in [0.1, 0.15) is 17.5 Å². The van der Waals surface area contributed by atoms with Crippen LogP contribution in [0.5, 0.6) is 17.4 Å². The quantitative estimate of drug-likeness (QED) is 0.487. The highest BCUT2D eigenvalue weighted by Crippen LogP contribution is 2.46. The Bertz CT molecular complexity index is 1410. The Morgan fingerprint density at radius 2 is 1.92 bits per heavy atom. The van der Waals surface area contributed by atoms with Crippen LogP contribution in [0.2, 0.25) is 0 Å². The van der Waals surface area contributed by atoms with Gasteiger partial charge in [-0.3, -0.25) is 9.55 Å². The standard InChI is InChI=1S/C23H17F5N4O4/c24-16-1-12(2-17(25)20(16)36-14-3-13(6-29-7-14)23(26,27)28)9-34-18-4-19-31(21(33)30-18)10-22-5-15(35-11-22)8-32(19)22/h1-4,6-7,15H,5,8-11H2/t15-,22+/m0/s1. The number of halogens is 5. The van der Waals surface area contributed by atoms with Crippen LogP contribution in [-0.2, 0) is 24.1 Å². The zero-order valence-electron chi connectivity index (χ0n) is 18.4. The molecule has 3 aromatic rings. The van der Waals surface area contributed by atoms with Crippen molar-refractivity contribution in [3.05, 3.63) is 69.9 Å². The Kier molecular flexibility index (Phi) is 4.97. The predicted molar refractivity (Wildman–Crippen MR) is 113 cm³/mol. The van der Waals surface area contributed by atoms with Gasteiger partial charge in [0, 0.05) is 25.2 Å². The highest BCUT2D eigenvalue weighted by Gasteiger charge is 2.56. The number of hydrogen-bond acceptors (Lipinski definition) is 7. The number of alkyl halides is 3. The van der Waals surface area contributed by atoms with Crippen molar-refractivity contribution < 1.29 is 36.2 Å². The van der Waals surface area contributed by atoms with Gasteiger partial charge in [0.1, 0.15) is 18.2 Å². The fourth-order valence-electron chi connectivity index (χ4n) is 4.96. The molecule has 5 heterocycles. The van der Waals surface area contributed by atoms with Gasteiger partial charge in [-0.05, 0) is 23.8 Å². The van der Waals surface area contributed by atoms with E-state index in [4.69, 9.17) is 14.2 Å². The summed E-state index contributed by atoms with van der Waals surface area (Å²) in [5.41, 5.74) is -1.81. The molecule has 6 rings (SSSR count). The molecule has 1 aromatic carbocycles. The molecule has 8 nitrogen and oxygen atoms in total. The number of morpholine rings is 1. The van der Waals surface area contributed by atoms with Crippen LogP contribution in [0.4, 0.5) is 27.8 Å². The minimum atomic E-state index is -4.69. The summed E-state index contributed by atoms with van der Waals surface area (Å²) in [5, 5.41) is 0. The zero-order chi connectivity index (χ0) is 25.2. The summed E-state index contributed by atoms with van der Waals surface area (Å²) in [5.74, 6) is -3.00. The van der Waals surface area contributed by atoms with E-state index in [1.54, 1.807) is 10.6 Å². The molecule has 0 unspecified atom stereocenters. The summed E-state index contributed by atoms with van der Waals surface area (Å²) in [6.45, 7) is 1.34. The van der Waals surface area contributed by atoms with Gasteiger partial charge in [-0.25, -0.2) is 13.6 Å². The molecule has 3 aliphatic rings. The molecule has 2 saturated heterocycles. The monoisotopic (exact) mass is 508 g/mol. The molecule has 2 bridgehead atoms. The van der Waals surface area contributed by atoms with Crippen molar-refractivity contribution in [1.29, 1.82) is 0 Å². The molecule has 0 aliphatic carbocycles. The second-order valence-corrected chi connectivity index (χ2v) is 8.98. The Hall–Kier alpha value is -3.74. The van der Waals surface area contributed by atoms with Gasteiger partial charge in [0.2, 0.25) is 5.88 Å². The van der Waals surface area contributed by atoms with E-state index in [0.29, 0.717) is 37.8 Å². The number of anilines is 1. The lowest BCUT2D eigenvalue weighted by Gasteiger charge is -2.32. The molecule has 3 aliphatic heterocycles. The normalized spacial score (nSPS) is 22.0. The molecule has 1 spiro atoms. The van der Waals surface area contributed by atoms with Gasteiger partial charge >= 0.3 is 11.9 Å². The molecule has 36 heavy (non-hydrogen) atoms. The second-order valence-electron chi connectivity index (χ2n) is 8.98. The number of pyridine rings is 1. The van der Waals surface area contributed by atoms with Crippen molar-refractivity contribution in [1.82, 2.24) is 14.5 Å². The van der Waals surface area contributed by atoms with Gasteiger partial charge in [-0.1, -0.05) is 0 Å². The van der Waals surface area contributed by atoms with Gasteiger partial charge in [0.05, 0.1) is 36.6 Å². The van der Waals surface area contributed by atoms with Crippen LogP contribution in [-0.4, -0.2) is 39.3 Å². The average molecular weight is 508 g/mol. The van der Waals surface area contributed by atoms with Gasteiger partial charge in [0.15, 0.2) is 17.4 Å². The first-order valence-electron chi connectivity index (χ1n) is 10.9. The predicted octanol–water partition coefficient (Wildman–Crippen LogP) is 3.67. The second kappa shape index (κ2) is 7.88. The van der Waals surface area contributed by atoms with Crippen LogP contribution in [0.25, 0.3) is 0 Å². The highest BCUT2D eigenvalue weighted by atomic mass is 19.4. The molecule has 0 saturated carbocycles. The molecular formula is C23H17F5N4O4.